The van der Waals surface area contributed by atoms with E-state index in [0.717, 1.165) is 11.7 Å². The first-order chi connectivity index (χ1) is 7.68. The number of nitrogens with one attached hydrogen (secondary N) is 1. The molecular formula is C9H5Cl2N3OS. The summed E-state index contributed by atoms with van der Waals surface area (Å²) in [6.45, 7) is 0. The molecule has 0 fully saturated rings. The number of benzene rings is 1. The SMILES string of the molecule is O=c1c(Cl)nsnc1Nc1ccccc1Cl. The summed E-state index contributed by atoms with van der Waals surface area (Å²) < 4.78 is 7.45. The normalized spacial score (nSPS) is 10.1. The van der Waals surface area contributed by atoms with Gasteiger partial charge in [-0.3, -0.25) is 4.79 Å². The van der Waals surface area contributed by atoms with Gasteiger partial charge in [0.05, 0.1) is 22.4 Å². The van der Waals surface area contributed by atoms with Gasteiger partial charge in [0.1, 0.15) is 0 Å². The van der Waals surface area contributed by atoms with E-state index in [0.29, 0.717) is 10.7 Å². The van der Waals surface area contributed by atoms with Crippen molar-refractivity contribution in [3.05, 3.63) is 44.7 Å². The minimum atomic E-state index is -0.444. The fraction of sp³-hybridized carbons (Fsp3) is 0. The maximum atomic E-state index is 11.5. The maximum Gasteiger partial charge on any atom is 0.260 e. The fourth-order valence-electron chi connectivity index (χ4n) is 1.05. The van der Waals surface area contributed by atoms with E-state index in [1.165, 1.54) is 0 Å². The Kier molecular flexibility index (Phi) is 3.38. The third-order valence-electron chi connectivity index (χ3n) is 1.78. The van der Waals surface area contributed by atoms with Gasteiger partial charge in [0.2, 0.25) is 0 Å². The average molecular weight is 274 g/mol. The van der Waals surface area contributed by atoms with Gasteiger partial charge in [0, 0.05) is 0 Å². The van der Waals surface area contributed by atoms with Gasteiger partial charge in [0.25, 0.3) is 5.43 Å². The van der Waals surface area contributed by atoms with Gasteiger partial charge in [-0.15, -0.1) is 0 Å². The predicted molar refractivity (Wildman–Crippen MR) is 65.9 cm³/mol. The van der Waals surface area contributed by atoms with E-state index >= 15 is 0 Å². The Morgan fingerprint density at radius 3 is 2.69 bits per heavy atom. The van der Waals surface area contributed by atoms with Crippen LogP contribution in [0.4, 0.5) is 11.5 Å². The zero-order valence-electron chi connectivity index (χ0n) is 7.78. The van der Waals surface area contributed by atoms with Gasteiger partial charge >= 0.3 is 0 Å². The minimum absolute atomic E-state index is 0.102. The summed E-state index contributed by atoms with van der Waals surface area (Å²) in [4.78, 5) is 11.5. The highest BCUT2D eigenvalue weighted by molar-refractivity contribution is 6.99. The van der Waals surface area contributed by atoms with E-state index < -0.39 is 5.43 Å². The van der Waals surface area contributed by atoms with Crippen LogP contribution in [0.15, 0.2) is 29.1 Å². The second-order valence-corrected chi connectivity index (χ2v) is 4.13. The van der Waals surface area contributed by atoms with Gasteiger partial charge in [-0.25, -0.2) is 0 Å². The molecule has 0 amide bonds. The molecule has 0 aliphatic rings. The molecule has 2 aromatic rings. The van der Waals surface area contributed by atoms with Crippen LogP contribution >= 0.6 is 34.9 Å². The van der Waals surface area contributed by atoms with Crippen LogP contribution in [0.25, 0.3) is 0 Å². The molecule has 0 radical (unpaired) electrons. The second kappa shape index (κ2) is 4.78. The number of anilines is 2. The zero-order valence-corrected chi connectivity index (χ0v) is 10.1. The molecule has 0 aliphatic carbocycles. The van der Waals surface area contributed by atoms with Crippen molar-refractivity contribution in [2.45, 2.75) is 0 Å². The molecule has 16 heavy (non-hydrogen) atoms. The lowest BCUT2D eigenvalue weighted by Crippen LogP contribution is -2.10. The molecule has 0 bridgehead atoms. The van der Waals surface area contributed by atoms with Crippen LogP contribution < -0.4 is 10.7 Å². The summed E-state index contributed by atoms with van der Waals surface area (Å²) in [5.41, 5.74) is 0.156. The van der Waals surface area contributed by atoms with Crippen molar-refractivity contribution in [1.29, 1.82) is 0 Å². The molecule has 0 unspecified atom stereocenters. The predicted octanol–water partition coefficient (Wildman–Crippen LogP) is 2.95. The molecule has 1 aromatic heterocycles. The standard InChI is InChI=1S/C9H5Cl2N3OS/c10-5-3-1-2-4-6(5)12-9-7(15)8(11)13-16-14-9/h1-4H,(H,12,14). The highest BCUT2D eigenvalue weighted by atomic mass is 35.5. The van der Waals surface area contributed by atoms with Crippen molar-refractivity contribution in [1.82, 2.24) is 8.75 Å². The first kappa shape index (κ1) is 11.3. The van der Waals surface area contributed by atoms with E-state index in [1.807, 2.05) is 0 Å². The van der Waals surface area contributed by atoms with Gasteiger partial charge < -0.3 is 5.32 Å². The second-order valence-electron chi connectivity index (χ2n) is 2.84. The number of rotatable bonds is 2. The summed E-state index contributed by atoms with van der Waals surface area (Å²) in [5.74, 6) is 0.123. The molecule has 0 aliphatic heterocycles. The Hall–Kier alpha value is -1.17. The minimum Gasteiger partial charge on any atom is -0.335 e. The van der Waals surface area contributed by atoms with Crippen molar-refractivity contribution in [2.75, 3.05) is 5.32 Å². The number of halogens is 2. The fourth-order valence-corrected chi connectivity index (χ4v) is 1.82. The maximum absolute atomic E-state index is 11.5. The van der Waals surface area contributed by atoms with Gasteiger partial charge in [-0.05, 0) is 12.1 Å². The molecule has 1 N–H and O–H groups in total. The Labute approximate surface area is 105 Å². The van der Waals surface area contributed by atoms with Crippen LogP contribution in [-0.4, -0.2) is 8.75 Å². The first-order valence-electron chi connectivity index (χ1n) is 4.22. The smallest absolute Gasteiger partial charge is 0.260 e. The Balaban J connectivity index is 2.39. The molecular weight excluding hydrogens is 269 g/mol. The van der Waals surface area contributed by atoms with E-state index in [1.54, 1.807) is 24.3 Å². The van der Waals surface area contributed by atoms with Gasteiger partial charge in [0.15, 0.2) is 11.0 Å². The lowest BCUT2D eigenvalue weighted by atomic mass is 10.3. The van der Waals surface area contributed by atoms with Crippen LogP contribution in [0.1, 0.15) is 0 Å². The largest absolute Gasteiger partial charge is 0.335 e. The van der Waals surface area contributed by atoms with E-state index in [4.69, 9.17) is 23.2 Å². The monoisotopic (exact) mass is 273 g/mol. The summed E-state index contributed by atoms with van der Waals surface area (Å²) in [7, 11) is 0. The third kappa shape index (κ3) is 2.32. The highest BCUT2D eigenvalue weighted by Gasteiger charge is 2.08. The molecule has 0 saturated carbocycles. The molecule has 0 atom stereocenters. The number of hydrogen-bond donors (Lipinski definition) is 1. The van der Waals surface area contributed by atoms with Crippen LogP contribution in [0.5, 0.6) is 0 Å². The van der Waals surface area contributed by atoms with Crippen LogP contribution in [0.3, 0.4) is 0 Å². The number of aromatic nitrogens is 2. The number of nitrogens with zero attached hydrogens (tertiary/aromatic N) is 2. The summed E-state index contributed by atoms with van der Waals surface area (Å²) >= 11 is 12.4. The van der Waals surface area contributed by atoms with Crippen molar-refractivity contribution in [2.24, 2.45) is 0 Å². The topological polar surface area (TPSA) is 54.9 Å². The number of hydrogen-bond acceptors (Lipinski definition) is 5. The van der Waals surface area contributed by atoms with Crippen LogP contribution in [0, 0.1) is 0 Å². The van der Waals surface area contributed by atoms with E-state index in [2.05, 4.69) is 14.1 Å². The number of para-hydroxylation sites is 1. The van der Waals surface area contributed by atoms with Crippen molar-refractivity contribution in [3.8, 4) is 0 Å². The highest BCUT2D eigenvalue weighted by Crippen LogP contribution is 2.22. The van der Waals surface area contributed by atoms with Crippen molar-refractivity contribution < 1.29 is 0 Å². The van der Waals surface area contributed by atoms with E-state index in [-0.39, 0.29) is 11.0 Å². The van der Waals surface area contributed by atoms with Gasteiger partial charge in [-0.2, -0.15) is 8.75 Å². The zero-order chi connectivity index (χ0) is 11.5. The molecule has 0 saturated heterocycles. The molecule has 7 heteroatoms. The summed E-state index contributed by atoms with van der Waals surface area (Å²) in [5, 5.41) is 3.21. The Bertz CT molecular complexity index is 573. The van der Waals surface area contributed by atoms with Crippen LogP contribution in [-0.2, 0) is 0 Å². The summed E-state index contributed by atoms with van der Waals surface area (Å²) in [6.07, 6.45) is 0. The molecule has 4 nitrogen and oxygen atoms in total. The Morgan fingerprint density at radius 1 is 1.19 bits per heavy atom. The van der Waals surface area contributed by atoms with Crippen molar-refractivity contribution >= 4 is 46.4 Å². The van der Waals surface area contributed by atoms with Crippen molar-refractivity contribution in [3.63, 3.8) is 0 Å². The molecule has 1 aromatic carbocycles. The molecule has 82 valence electrons. The first-order valence-corrected chi connectivity index (χ1v) is 5.71. The quantitative estimate of drug-likeness (QED) is 0.914. The summed E-state index contributed by atoms with van der Waals surface area (Å²) in [6, 6.07) is 7.04. The van der Waals surface area contributed by atoms with E-state index in [9.17, 15) is 4.79 Å². The lowest BCUT2D eigenvalue weighted by molar-refractivity contribution is 1.33. The Morgan fingerprint density at radius 2 is 1.94 bits per heavy atom. The average Bonchev–Trinajstić information content (AvgIpc) is 2.28. The van der Waals surface area contributed by atoms with Gasteiger partial charge in [-0.1, -0.05) is 35.3 Å². The molecule has 2 rings (SSSR count). The molecule has 0 spiro atoms. The molecule has 1 heterocycles. The lowest BCUT2D eigenvalue weighted by Gasteiger charge is -2.05. The van der Waals surface area contributed by atoms with Crippen LogP contribution in [0.2, 0.25) is 10.2 Å². The third-order valence-corrected chi connectivity index (χ3v) is 3.00.